The lowest BCUT2D eigenvalue weighted by Gasteiger charge is -2.12. The molecule has 2 heterocycles. The lowest BCUT2D eigenvalue weighted by Crippen LogP contribution is -2.34. The largest absolute Gasteiger partial charge is 0.354 e. The van der Waals surface area contributed by atoms with Crippen molar-refractivity contribution in [2.75, 3.05) is 6.54 Å². The fourth-order valence-corrected chi connectivity index (χ4v) is 3.61. The molecule has 0 aliphatic rings. The molecule has 7 heteroatoms. The van der Waals surface area contributed by atoms with E-state index in [1.807, 2.05) is 43.3 Å². The lowest BCUT2D eigenvalue weighted by atomic mass is 10.0. The van der Waals surface area contributed by atoms with Crippen LogP contribution in [0, 0.1) is 5.82 Å². The second-order valence-electron chi connectivity index (χ2n) is 7.42. The number of hydrogen-bond acceptors (Lipinski definition) is 3. The van der Waals surface area contributed by atoms with Crippen LogP contribution in [0.3, 0.4) is 0 Å². The molecular formula is C24H23FN4O2. The Hall–Kier alpha value is -3.74. The van der Waals surface area contributed by atoms with Crippen LogP contribution >= 0.6 is 0 Å². The highest BCUT2D eigenvalue weighted by Crippen LogP contribution is 2.15. The minimum atomic E-state index is -0.319. The van der Waals surface area contributed by atoms with Gasteiger partial charge in [-0.25, -0.2) is 14.2 Å². The summed E-state index contributed by atoms with van der Waals surface area (Å²) in [6.07, 6.45) is 1.64. The van der Waals surface area contributed by atoms with E-state index in [2.05, 4.69) is 10.3 Å². The van der Waals surface area contributed by atoms with Crippen LogP contribution in [0.25, 0.3) is 11.2 Å². The minimum Gasteiger partial charge on any atom is -0.354 e. The van der Waals surface area contributed by atoms with Crippen LogP contribution in [-0.2, 0) is 17.9 Å². The lowest BCUT2D eigenvalue weighted by molar-refractivity contribution is -0.122. The highest BCUT2D eigenvalue weighted by Gasteiger charge is 2.17. The second-order valence-corrected chi connectivity index (χ2v) is 7.42. The van der Waals surface area contributed by atoms with Gasteiger partial charge in [-0.15, -0.1) is 0 Å². The molecule has 2 aromatic carbocycles. The van der Waals surface area contributed by atoms with Crippen molar-refractivity contribution in [1.29, 1.82) is 0 Å². The molecule has 1 amide bonds. The zero-order valence-corrected chi connectivity index (χ0v) is 17.2. The van der Waals surface area contributed by atoms with E-state index in [9.17, 15) is 14.0 Å². The highest BCUT2D eigenvalue weighted by molar-refractivity contribution is 5.83. The molecule has 0 radical (unpaired) electrons. The molecule has 1 N–H and O–H groups in total. The number of hydrogen-bond donors (Lipinski definition) is 1. The van der Waals surface area contributed by atoms with Gasteiger partial charge in [-0.3, -0.25) is 13.9 Å². The predicted octanol–water partition coefficient (Wildman–Crippen LogP) is 3.31. The Kier molecular flexibility index (Phi) is 5.93. The summed E-state index contributed by atoms with van der Waals surface area (Å²) < 4.78 is 16.4. The summed E-state index contributed by atoms with van der Waals surface area (Å²) in [4.78, 5) is 30.0. The number of fused-ring (bicyclic) bond motifs is 1. The van der Waals surface area contributed by atoms with E-state index in [-0.39, 0.29) is 23.3 Å². The van der Waals surface area contributed by atoms with E-state index in [0.717, 1.165) is 11.1 Å². The van der Waals surface area contributed by atoms with Crippen molar-refractivity contribution >= 4 is 17.1 Å². The van der Waals surface area contributed by atoms with E-state index in [1.54, 1.807) is 33.5 Å². The van der Waals surface area contributed by atoms with Crippen molar-refractivity contribution < 1.29 is 9.18 Å². The molecule has 31 heavy (non-hydrogen) atoms. The summed E-state index contributed by atoms with van der Waals surface area (Å²) in [7, 11) is 0. The van der Waals surface area contributed by atoms with Gasteiger partial charge in [-0.2, -0.15) is 0 Å². The molecular weight excluding hydrogens is 395 g/mol. The third-order valence-corrected chi connectivity index (χ3v) is 5.36. The van der Waals surface area contributed by atoms with E-state index >= 15 is 0 Å². The molecule has 0 aliphatic heterocycles. The SMILES string of the molecule is CC(C(=O)NCCn1c(=O)n(Cc2ccc(F)cc2)c2cccnc21)c1ccccc1. The average Bonchev–Trinajstić information content (AvgIpc) is 3.06. The number of carbonyl (C=O) groups excluding carboxylic acids is 1. The van der Waals surface area contributed by atoms with Gasteiger partial charge in [0.15, 0.2) is 5.65 Å². The van der Waals surface area contributed by atoms with Gasteiger partial charge in [0.1, 0.15) is 5.82 Å². The Morgan fingerprint density at radius 1 is 1.03 bits per heavy atom. The van der Waals surface area contributed by atoms with Gasteiger partial charge in [0.25, 0.3) is 0 Å². The summed E-state index contributed by atoms with van der Waals surface area (Å²) in [5.74, 6) is -0.696. The van der Waals surface area contributed by atoms with E-state index < -0.39 is 0 Å². The summed E-state index contributed by atoms with van der Waals surface area (Å²) >= 11 is 0. The Labute approximate surface area is 179 Å². The molecule has 158 valence electrons. The number of imidazole rings is 1. The highest BCUT2D eigenvalue weighted by atomic mass is 19.1. The van der Waals surface area contributed by atoms with Crippen LogP contribution in [0.5, 0.6) is 0 Å². The molecule has 1 unspecified atom stereocenters. The number of benzene rings is 2. The zero-order valence-electron chi connectivity index (χ0n) is 17.2. The number of halogens is 1. The van der Waals surface area contributed by atoms with Crippen LogP contribution < -0.4 is 11.0 Å². The maximum absolute atomic E-state index is 13.2. The number of nitrogens with one attached hydrogen (secondary N) is 1. The van der Waals surface area contributed by atoms with Crippen LogP contribution in [0.4, 0.5) is 4.39 Å². The van der Waals surface area contributed by atoms with Crippen molar-refractivity contribution in [2.24, 2.45) is 0 Å². The zero-order chi connectivity index (χ0) is 21.8. The molecule has 2 aromatic heterocycles. The first-order valence-corrected chi connectivity index (χ1v) is 10.2. The first-order chi connectivity index (χ1) is 15.0. The fourth-order valence-electron chi connectivity index (χ4n) is 3.61. The summed E-state index contributed by atoms with van der Waals surface area (Å²) in [6.45, 7) is 2.77. The first kappa shape index (κ1) is 20.5. The third kappa shape index (κ3) is 4.40. The number of carbonyl (C=O) groups is 1. The normalized spacial score (nSPS) is 12.1. The van der Waals surface area contributed by atoms with Gasteiger partial charge < -0.3 is 5.32 Å². The predicted molar refractivity (Wildman–Crippen MR) is 117 cm³/mol. The van der Waals surface area contributed by atoms with Crippen molar-refractivity contribution in [3.8, 4) is 0 Å². The van der Waals surface area contributed by atoms with E-state index in [0.29, 0.717) is 30.8 Å². The molecule has 0 saturated heterocycles. The molecule has 0 aliphatic carbocycles. The van der Waals surface area contributed by atoms with E-state index in [1.165, 1.54) is 12.1 Å². The smallest absolute Gasteiger partial charge is 0.330 e. The number of pyridine rings is 1. The number of amides is 1. The molecule has 4 rings (SSSR count). The average molecular weight is 418 g/mol. The topological polar surface area (TPSA) is 68.9 Å². The maximum atomic E-state index is 13.2. The van der Waals surface area contributed by atoms with Gasteiger partial charge in [-0.05, 0) is 42.3 Å². The minimum absolute atomic E-state index is 0.0951. The monoisotopic (exact) mass is 418 g/mol. The number of rotatable bonds is 7. The maximum Gasteiger partial charge on any atom is 0.330 e. The van der Waals surface area contributed by atoms with Gasteiger partial charge in [0, 0.05) is 19.3 Å². The van der Waals surface area contributed by atoms with Gasteiger partial charge in [0.05, 0.1) is 18.0 Å². The molecule has 0 bridgehead atoms. The molecule has 0 fully saturated rings. The van der Waals surface area contributed by atoms with E-state index in [4.69, 9.17) is 0 Å². The van der Waals surface area contributed by atoms with Gasteiger partial charge in [-0.1, -0.05) is 42.5 Å². The summed E-state index contributed by atoms with van der Waals surface area (Å²) in [5, 5.41) is 2.91. The third-order valence-electron chi connectivity index (χ3n) is 5.36. The van der Waals surface area contributed by atoms with Crippen molar-refractivity contribution in [2.45, 2.75) is 25.9 Å². The first-order valence-electron chi connectivity index (χ1n) is 10.2. The summed E-state index contributed by atoms with van der Waals surface area (Å²) in [6, 6.07) is 19.2. The standard InChI is InChI=1S/C24H23FN4O2/c1-17(19-6-3-2-4-7-19)23(30)27-14-15-28-22-21(8-5-13-26-22)29(24(28)31)16-18-9-11-20(25)12-10-18/h2-13,17H,14-16H2,1H3,(H,27,30). The Morgan fingerprint density at radius 2 is 1.77 bits per heavy atom. The second kappa shape index (κ2) is 8.95. The molecule has 0 saturated carbocycles. The van der Waals surface area contributed by atoms with Crippen LogP contribution in [-0.4, -0.2) is 26.6 Å². The quantitative estimate of drug-likeness (QED) is 0.501. The Balaban J connectivity index is 1.51. The number of nitrogens with zero attached hydrogens (tertiary/aromatic N) is 3. The fraction of sp³-hybridized carbons (Fsp3) is 0.208. The van der Waals surface area contributed by atoms with Crippen molar-refractivity contribution in [3.63, 3.8) is 0 Å². The number of aromatic nitrogens is 3. The van der Waals surface area contributed by atoms with Gasteiger partial charge in [0.2, 0.25) is 5.91 Å². The molecule has 0 spiro atoms. The van der Waals surface area contributed by atoms with Crippen LogP contribution in [0.2, 0.25) is 0 Å². The van der Waals surface area contributed by atoms with Crippen molar-refractivity contribution in [3.05, 3.63) is 100 Å². The van der Waals surface area contributed by atoms with Crippen LogP contribution in [0.15, 0.2) is 77.7 Å². The Morgan fingerprint density at radius 3 is 2.52 bits per heavy atom. The van der Waals surface area contributed by atoms with Crippen molar-refractivity contribution in [1.82, 2.24) is 19.4 Å². The molecule has 4 aromatic rings. The Bertz CT molecular complexity index is 1250. The van der Waals surface area contributed by atoms with Gasteiger partial charge >= 0.3 is 5.69 Å². The molecule has 1 atom stereocenters. The van der Waals surface area contributed by atoms with Crippen LogP contribution in [0.1, 0.15) is 24.0 Å². The molecule has 6 nitrogen and oxygen atoms in total. The summed E-state index contributed by atoms with van der Waals surface area (Å²) in [5.41, 5.74) is 2.79.